The Morgan fingerprint density at radius 3 is 2.17 bits per heavy atom. The molecule has 2 N–H and O–H groups in total. The zero-order chi connectivity index (χ0) is 13.2. The van der Waals surface area contributed by atoms with E-state index in [4.69, 9.17) is 10.5 Å². The summed E-state index contributed by atoms with van der Waals surface area (Å²) in [5.74, 6) is 1.66. The average molecular weight is 241 g/mol. The van der Waals surface area contributed by atoms with Gasteiger partial charge in [-0.3, -0.25) is 0 Å². The monoisotopic (exact) mass is 241 g/mol. The van der Waals surface area contributed by atoms with Crippen LogP contribution in [0.15, 0.2) is 48.5 Å². The Hall–Kier alpha value is -1.96. The second-order valence-corrected chi connectivity index (χ2v) is 5.45. The molecule has 0 heterocycles. The van der Waals surface area contributed by atoms with Crippen LogP contribution in [0.5, 0.6) is 11.5 Å². The summed E-state index contributed by atoms with van der Waals surface area (Å²) >= 11 is 0. The highest BCUT2D eigenvalue weighted by Gasteiger charge is 2.13. The zero-order valence-corrected chi connectivity index (χ0v) is 11.1. The second kappa shape index (κ2) is 4.73. The second-order valence-electron chi connectivity index (χ2n) is 5.45. The van der Waals surface area contributed by atoms with Crippen molar-refractivity contribution in [2.24, 2.45) is 0 Å². The molecule has 2 aromatic carbocycles. The molecule has 0 aromatic heterocycles. The molecule has 0 amide bonds. The van der Waals surface area contributed by atoms with Gasteiger partial charge in [-0.05, 0) is 47.4 Å². The average Bonchev–Trinajstić information content (AvgIpc) is 2.31. The number of benzene rings is 2. The number of ether oxygens (including phenoxy) is 1. The molecule has 0 saturated carbocycles. The minimum atomic E-state index is 0.125. The lowest BCUT2D eigenvalue weighted by Gasteiger charge is -2.19. The molecule has 0 spiro atoms. The van der Waals surface area contributed by atoms with Crippen LogP contribution in [0.1, 0.15) is 26.3 Å². The molecule has 0 fully saturated rings. The molecular formula is C16H19NO. The Morgan fingerprint density at radius 1 is 0.889 bits per heavy atom. The standard InChI is InChI=1S/C16H19NO/c1-16(2,3)12-5-4-6-15(11-12)18-14-9-7-13(17)8-10-14/h4-11H,17H2,1-3H3. The van der Waals surface area contributed by atoms with Crippen molar-refractivity contribution < 1.29 is 4.74 Å². The maximum atomic E-state index is 5.81. The zero-order valence-electron chi connectivity index (χ0n) is 11.1. The highest BCUT2D eigenvalue weighted by atomic mass is 16.5. The molecule has 0 aliphatic rings. The van der Waals surface area contributed by atoms with Gasteiger partial charge in [-0.25, -0.2) is 0 Å². The minimum absolute atomic E-state index is 0.125. The molecule has 2 nitrogen and oxygen atoms in total. The van der Waals surface area contributed by atoms with Crippen molar-refractivity contribution in [2.75, 3.05) is 5.73 Å². The van der Waals surface area contributed by atoms with Gasteiger partial charge in [0.15, 0.2) is 0 Å². The molecule has 94 valence electrons. The van der Waals surface area contributed by atoms with Crippen molar-refractivity contribution in [3.05, 3.63) is 54.1 Å². The first-order chi connectivity index (χ1) is 8.45. The first kappa shape index (κ1) is 12.5. The van der Waals surface area contributed by atoms with Gasteiger partial charge < -0.3 is 10.5 Å². The van der Waals surface area contributed by atoms with E-state index in [1.807, 2.05) is 36.4 Å². The lowest BCUT2D eigenvalue weighted by Crippen LogP contribution is -2.10. The molecule has 2 aromatic rings. The highest BCUT2D eigenvalue weighted by molar-refractivity contribution is 5.43. The molecule has 0 aliphatic heterocycles. The van der Waals surface area contributed by atoms with Crippen molar-refractivity contribution in [2.45, 2.75) is 26.2 Å². The van der Waals surface area contributed by atoms with E-state index in [2.05, 4.69) is 32.9 Å². The molecule has 0 bridgehead atoms. The van der Waals surface area contributed by atoms with Crippen molar-refractivity contribution in [1.29, 1.82) is 0 Å². The lowest BCUT2D eigenvalue weighted by atomic mass is 9.87. The number of anilines is 1. The van der Waals surface area contributed by atoms with Gasteiger partial charge in [-0.1, -0.05) is 32.9 Å². The summed E-state index contributed by atoms with van der Waals surface area (Å²) < 4.78 is 5.81. The van der Waals surface area contributed by atoms with Crippen LogP contribution in [0, 0.1) is 0 Å². The van der Waals surface area contributed by atoms with E-state index >= 15 is 0 Å². The van der Waals surface area contributed by atoms with Gasteiger partial charge >= 0.3 is 0 Å². The normalized spacial score (nSPS) is 11.3. The molecule has 18 heavy (non-hydrogen) atoms. The quantitative estimate of drug-likeness (QED) is 0.793. The van der Waals surface area contributed by atoms with Crippen LogP contribution in [0.2, 0.25) is 0 Å². The SMILES string of the molecule is CC(C)(C)c1cccc(Oc2ccc(N)cc2)c1. The fraction of sp³-hybridized carbons (Fsp3) is 0.250. The van der Waals surface area contributed by atoms with E-state index in [0.29, 0.717) is 0 Å². The third-order valence-corrected chi connectivity index (χ3v) is 2.82. The number of hydrogen-bond donors (Lipinski definition) is 1. The van der Waals surface area contributed by atoms with Gasteiger partial charge in [-0.2, -0.15) is 0 Å². The molecular weight excluding hydrogens is 222 g/mol. The third kappa shape index (κ3) is 3.04. The molecule has 0 saturated heterocycles. The van der Waals surface area contributed by atoms with Crippen LogP contribution < -0.4 is 10.5 Å². The Kier molecular flexibility index (Phi) is 3.28. The van der Waals surface area contributed by atoms with Crippen LogP contribution in [0.4, 0.5) is 5.69 Å². The number of nitrogen functional groups attached to an aromatic ring is 1. The van der Waals surface area contributed by atoms with Gasteiger partial charge in [-0.15, -0.1) is 0 Å². The first-order valence-electron chi connectivity index (χ1n) is 6.09. The number of hydrogen-bond acceptors (Lipinski definition) is 2. The van der Waals surface area contributed by atoms with Crippen molar-refractivity contribution >= 4 is 5.69 Å². The predicted molar refractivity (Wildman–Crippen MR) is 76.1 cm³/mol. The molecule has 2 heteroatoms. The molecule has 0 unspecified atom stereocenters. The van der Waals surface area contributed by atoms with E-state index < -0.39 is 0 Å². The molecule has 0 radical (unpaired) electrons. The summed E-state index contributed by atoms with van der Waals surface area (Å²) in [4.78, 5) is 0. The van der Waals surface area contributed by atoms with E-state index in [9.17, 15) is 0 Å². The summed E-state index contributed by atoms with van der Waals surface area (Å²) in [6.07, 6.45) is 0. The van der Waals surface area contributed by atoms with Gasteiger partial charge in [0.1, 0.15) is 11.5 Å². The summed E-state index contributed by atoms with van der Waals surface area (Å²) in [6.45, 7) is 6.57. The highest BCUT2D eigenvalue weighted by Crippen LogP contribution is 2.28. The maximum absolute atomic E-state index is 5.81. The summed E-state index contributed by atoms with van der Waals surface area (Å²) in [5, 5.41) is 0. The maximum Gasteiger partial charge on any atom is 0.127 e. The fourth-order valence-electron chi connectivity index (χ4n) is 1.70. The van der Waals surface area contributed by atoms with Crippen LogP contribution in [0.3, 0.4) is 0 Å². The van der Waals surface area contributed by atoms with Crippen molar-refractivity contribution in [3.8, 4) is 11.5 Å². The van der Waals surface area contributed by atoms with E-state index in [1.165, 1.54) is 5.56 Å². The summed E-state index contributed by atoms with van der Waals surface area (Å²) in [5.41, 5.74) is 7.77. The molecule has 0 atom stereocenters. The Balaban J connectivity index is 2.22. The van der Waals surface area contributed by atoms with Crippen LogP contribution >= 0.6 is 0 Å². The largest absolute Gasteiger partial charge is 0.457 e. The van der Waals surface area contributed by atoms with Gasteiger partial charge in [0.25, 0.3) is 0 Å². The Bertz CT molecular complexity index is 524. The summed E-state index contributed by atoms with van der Waals surface area (Å²) in [6, 6.07) is 15.6. The smallest absolute Gasteiger partial charge is 0.127 e. The predicted octanol–water partition coefficient (Wildman–Crippen LogP) is 4.36. The minimum Gasteiger partial charge on any atom is -0.457 e. The van der Waals surface area contributed by atoms with Gasteiger partial charge in [0, 0.05) is 5.69 Å². The van der Waals surface area contributed by atoms with Crippen LogP contribution in [-0.4, -0.2) is 0 Å². The Morgan fingerprint density at radius 2 is 1.56 bits per heavy atom. The fourth-order valence-corrected chi connectivity index (χ4v) is 1.70. The van der Waals surface area contributed by atoms with Crippen molar-refractivity contribution in [3.63, 3.8) is 0 Å². The molecule has 2 rings (SSSR count). The van der Waals surface area contributed by atoms with Crippen LogP contribution in [-0.2, 0) is 5.41 Å². The third-order valence-electron chi connectivity index (χ3n) is 2.82. The number of rotatable bonds is 2. The van der Waals surface area contributed by atoms with Crippen molar-refractivity contribution in [1.82, 2.24) is 0 Å². The Labute approximate surface area is 108 Å². The first-order valence-corrected chi connectivity index (χ1v) is 6.09. The van der Waals surface area contributed by atoms with Gasteiger partial charge in [0.2, 0.25) is 0 Å². The summed E-state index contributed by atoms with van der Waals surface area (Å²) in [7, 11) is 0. The topological polar surface area (TPSA) is 35.2 Å². The van der Waals surface area contributed by atoms with E-state index in [0.717, 1.165) is 17.2 Å². The van der Waals surface area contributed by atoms with E-state index in [1.54, 1.807) is 0 Å². The lowest BCUT2D eigenvalue weighted by molar-refractivity contribution is 0.478. The number of nitrogens with two attached hydrogens (primary N) is 1. The van der Waals surface area contributed by atoms with E-state index in [-0.39, 0.29) is 5.41 Å². The van der Waals surface area contributed by atoms with Gasteiger partial charge in [0.05, 0.1) is 0 Å². The molecule has 0 aliphatic carbocycles. The van der Waals surface area contributed by atoms with Crippen LogP contribution in [0.25, 0.3) is 0 Å².